The fourth-order valence-corrected chi connectivity index (χ4v) is 4.30. The van der Waals surface area contributed by atoms with Crippen LogP contribution in [0.4, 0.5) is 5.82 Å². The number of anilines is 1. The molecule has 6 nitrogen and oxygen atoms in total. The third-order valence-corrected chi connectivity index (χ3v) is 6.12. The lowest BCUT2D eigenvalue weighted by Crippen LogP contribution is -2.48. The summed E-state index contributed by atoms with van der Waals surface area (Å²) in [5.41, 5.74) is 0.851. The van der Waals surface area contributed by atoms with E-state index < -0.39 is 0 Å². The summed E-state index contributed by atoms with van der Waals surface area (Å²) in [6, 6.07) is 9.05. The largest absolute Gasteiger partial charge is 0.351 e. The zero-order chi connectivity index (χ0) is 21.0. The minimum atomic E-state index is -0.271. The monoisotopic (exact) mass is 435 g/mol. The topological polar surface area (TPSA) is 61.4 Å². The van der Waals surface area contributed by atoms with Crippen molar-refractivity contribution < 1.29 is 4.79 Å². The third-order valence-electron chi connectivity index (χ3n) is 5.56. The smallest absolute Gasteiger partial charge is 0.237 e. The van der Waals surface area contributed by atoms with Crippen molar-refractivity contribution in [3.8, 4) is 0 Å². The van der Waals surface area contributed by atoms with Crippen molar-refractivity contribution in [3.63, 3.8) is 0 Å². The number of likely N-dealkylation sites (N-methyl/N-ethyl adjacent to an activating group) is 1. The van der Waals surface area contributed by atoms with Gasteiger partial charge in [-0.25, -0.2) is 0 Å². The maximum absolute atomic E-state index is 12.8. The Kier molecular flexibility index (Phi) is 7.33. The van der Waals surface area contributed by atoms with Crippen molar-refractivity contribution in [2.45, 2.75) is 44.8 Å². The summed E-state index contributed by atoms with van der Waals surface area (Å²) >= 11 is 12.2. The molecule has 1 aliphatic heterocycles. The number of carbonyl (C=O) groups is 1. The molecule has 3 rings (SSSR count). The SMILES string of the molecule is CC(NC(=O)C(C)N(C)CC1CCCN1c1cccnn1)c1ccc(Cl)cc1Cl. The van der Waals surface area contributed by atoms with Crippen molar-refractivity contribution in [3.05, 3.63) is 52.1 Å². The van der Waals surface area contributed by atoms with Gasteiger partial charge in [0.2, 0.25) is 5.91 Å². The van der Waals surface area contributed by atoms with Crippen LogP contribution >= 0.6 is 23.2 Å². The molecule has 1 aromatic carbocycles. The van der Waals surface area contributed by atoms with E-state index in [1.54, 1.807) is 18.3 Å². The molecule has 3 unspecified atom stereocenters. The van der Waals surface area contributed by atoms with Gasteiger partial charge in [-0.1, -0.05) is 29.3 Å². The molecule has 8 heteroatoms. The highest BCUT2D eigenvalue weighted by Gasteiger charge is 2.29. The van der Waals surface area contributed by atoms with Crippen molar-refractivity contribution in [2.24, 2.45) is 0 Å². The van der Waals surface area contributed by atoms with E-state index in [4.69, 9.17) is 23.2 Å². The van der Waals surface area contributed by atoms with Crippen LogP contribution in [0.25, 0.3) is 0 Å². The molecular formula is C21H27Cl2N5O. The predicted octanol–water partition coefficient (Wildman–Crippen LogP) is 3.95. The number of carbonyl (C=O) groups excluding carboxylic acids is 1. The van der Waals surface area contributed by atoms with Crippen LogP contribution in [0.2, 0.25) is 10.0 Å². The standard InChI is InChI=1S/C21H27Cl2N5O/c1-14(18-9-8-16(22)12-19(18)23)25-21(29)15(2)27(3)13-17-6-5-11-28(17)20-7-4-10-24-26-20/h4,7-10,12,14-15,17H,5-6,11,13H2,1-3H3,(H,25,29). The molecule has 29 heavy (non-hydrogen) atoms. The number of halogens is 2. The maximum atomic E-state index is 12.8. The van der Waals surface area contributed by atoms with E-state index in [0.717, 1.165) is 37.3 Å². The molecule has 2 aromatic rings. The van der Waals surface area contributed by atoms with Crippen LogP contribution < -0.4 is 10.2 Å². The first-order chi connectivity index (χ1) is 13.9. The van der Waals surface area contributed by atoms with Crippen molar-refractivity contribution in [1.82, 2.24) is 20.4 Å². The Morgan fingerprint density at radius 1 is 1.34 bits per heavy atom. The Morgan fingerprint density at radius 3 is 2.83 bits per heavy atom. The van der Waals surface area contributed by atoms with E-state index in [2.05, 4.69) is 25.3 Å². The summed E-state index contributed by atoms with van der Waals surface area (Å²) < 4.78 is 0. The van der Waals surface area contributed by atoms with Gasteiger partial charge in [-0.2, -0.15) is 5.10 Å². The fraction of sp³-hybridized carbons (Fsp3) is 0.476. The average Bonchev–Trinajstić information content (AvgIpc) is 3.15. The Balaban J connectivity index is 1.59. The number of hydrogen-bond donors (Lipinski definition) is 1. The number of benzene rings is 1. The molecule has 1 aliphatic rings. The van der Waals surface area contributed by atoms with E-state index in [1.807, 2.05) is 39.1 Å². The van der Waals surface area contributed by atoms with Crippen molar-refractivity contribution >= 4 is 34.9 Å². The number of amides is 1. The van der Waals surface area contributed by atoms with Crippen LogP contribution in [0.3, 0.4) is 0 Å². The number of aromatic nitrogens is 2. The molecule has 0 saturated carbocycles. The zero-order valence-electron chi connectivity index (χ0n) is 17.0. The number of nitrogens with zero attached hydrogens (tertiary/aromatic N) is 4. The molecule has 1 amide bonds. The first kappa shape index (κ1) is 21.8. The second-order valence-electron chi connectivity index (χ2n) is 7.58. The number of rotatable bonds is 7. The van der Waals surface area contributed by atoms with Crippen LogP contribution in [0.5, 0.6) is 0 Å². The van der Waals surface area contributed by atoms with Gasteiger partial charge in [-0.3, -0.25) is 9.69 Å². The summed E-state index contributed by atoms with van der Waals surface area (Å²) in [7, 11) is 1.98. The Hall–Kier alpha value is -1.89. The quantitative estimate of drug-likeness (QED) is 0.712. The zero-order valence-corrected chi connectivity index (χ0v) is 18.5. The van der Waals surface area contributed by atoms with Gasteiger partial charge in [0.05, 0.1) is 12.1 Å². The summed E-state index contributed by atoms with van der Waals surface area (Å²) in [5.74, 6) is 0.863. The summed E-state index contributed by atoms with van der Waals surface area (Å²) in [6.45, 7) is 5.59. The summed E-state index contributed by atoms with van der Waals surface area (Å²) in [5, 5.41) is 12.4. The Bertz CT molecular complexity index is 835. The second-order valence-corrected chi connectivity index (χ2v) is 8.43. The average molecular weight is 436 g/mol. The first-order valence-corrected chi connectivity index (χ1v) is 10.6. The molecule has 0 radical (unpaired) electrons. The highest BCUT2D eigenvalue weighted by Crippen LogP contribution is 2.27. The van der Waals surface area contributed by atoms with Gasteiger partial charge >= 0.3 is 0 Å². The van der Waals surface area contributed by atoms with Gasteiger partial charge in [-0.15, -0.1) is 5.10 Å². The van der Waals surface area contributed by atoms with E-state index in [1.165, 1.54) is 0 Å². The van der Waals surface area contributed by atoms with Crippen LogP contribution in [-0.2, 0) is 4.79 Å². The normalized spacial score (nSPS) is 18.7. The van der Waals surface area contributed by atoms with Crippen LogP contribution in [0, 0.1) is 0 Å². The lowest BCUT2D eigenvalue weighted by Gasteiger charge is -2.32. The number of nitrogens with one attached hydrogen (secondary N) is 1. The second kappa shape index (κ2) is 9.74. The van der Waals surface area contributed by atoms with E-state index in [0.29, 0.717) is 16.1 Å². The van der Waals surface area contributed by atoms with Gasteiger partial charge < -0.3 is 10.2 Å². The predicted molar refractivity (Wildman–Crippen MR) is 118 cm³/mol. The molecule has 0 bridgehead atoms. The first-order valence-electron chi connectivity index (χ1n) is 9.86. The Labute approximate surface area is 182 Å². The highest BCUT2D eigenvalue weighted by atomic mass is 35.5. The van der Waals surface area contributed by atoms with E-state index in [-0.39, 0.29) is 18.0 Å². The van der Waals surface area contributed by atoms with Gasteiger partial charge in [0.1, 0.15) is 0 Å². The van der Waals surface area contributed by atoms with Crippen LogP contribution in [0.15, 0.2) is 36.5 Å². The van der Waals surface area contributed by atoms with E-state index >= 15 is 0 Å². The summed E-state index contributed by atoms with van der Waals surface area (Å²) in [4.78, 5) is 17.2. The minimum Gasteiger partial charge on any atom is -0.351 e. The van der Waals surface area contributed by atoms with Gasteiger partial charge in [0.15, 0.2) is 5.82 Å². The van der Waals surface area contributed by atoms with Gasteiger partial charge in [0, 0.05) is 35.4 Å². The fourth-order valence-electron chi connectivity index (χ4n) is 3.73. The summed E-state index contributed by atoms with van der Waals surface area (Å²) in [6.07, 6.45) is 3.87. The lowest BCUT2D eigenvalue weighted by atomic mass is 10.1. The van der Waals surface area contributed by atoms with Crippen molar-refractivity contribution in [1.29, 1.82) is 0 Å². The molecule has 0 spiro atoms. The molecular weight excluding hydrogens is 409 g/mol. The molecule has 1 saturated heterocycles. The molecule has 3 atom stereocenters. The highest BCUT2D eigenvalue weighted by molar-refractivity contribution is 6.35. The Morgan fingerprint density at radius 2 is 2.14 bits per heavy atom. The third kappa shape index (κ3) is 5.38. The molecule has 1 fully saturated rings. The van der Waals surface area contributed by atoms with Crippen molar-refractivity contribution in [2.75, 3.05) is 25.0 Å². The molecule has 1 N–H and O–H groups in total. The van der Waals surface area contributed by atoms with Gasteiger partial charge in [-0.05, 0) is 63.6 Å². The molecule has 0 aliphatic carbocycles. The number of hydrogen-bond acceptors (Lipinski definition) is 5. The van der Waals surface area contributed by atoms with Crippen LogP contribution in [0.1, 0.15) is 38.3 Å². The maximum Gasteiger partial charge on any atom is 0.237 e. The van der Waals surface area contributed by atoms with Crippen LogP contribution in [-0.4, -0.2) is 53.2 Å². The van der Waals surface area contributed by atoms with E-state index in [9.17, 15) is 4.79 Å². The molecule has 2 heterocycles. The minimum absolute atomic E-state index is 0.0323. The lowest BCUT2D eigenvalue weighted by molar-refractivity contribution is -0.126. The molecule has 1 aromatic heterocycles. The van der Waals surface area contributed by atoms with Gasteiger partial charge in [0.25, 0.3) is 0 Å². The molecule has 156 valence electrons.